The number of hydrogen-bond donors (Lipinski definition) is 6. The summed E-state index contributed by atoms with van der Waals surface area (Å²) in [5, 5.41) is 68.9. The number of nitrogens with zero attached hydrogens (tertiary/aromatic N) is 7. The van der Waals surface area contributed by atoms with Crippen LogP contribution in [-0.2, 0) is 0 Å². The highest BCUT2D eigenvalue weighted by Crippen LogP contribution is 2.45. The van der Waals surface area contributed by atoms with Crippen molar-refractivity contribution in [3.8, 4) is 68.6 Å². The maximum Gasteiger partial charge on any atom is 0.415 e. The Morgan fingerprint density at radius 2 is 1.13 bits per heavy atom. The number of carbonyl (C=O) groups is 3. The Bertz CT molecular complexity index is 3120. The quantitative estimate of drug-likeness (QED) is 0.0224. The van der Waals surface area contributed by atoms with Crippen molar-refractivity contribution in [2.24, 2.45) is 5.73 Å². The van der Waals surface area contributed by atoms with E-state index in [0.29, 0.717) is 45.4 Å². The normalized spacial score (nSPS) is 14.6. The van der Waals surface area contributed by atoms with E-state index in [1.165, 1.54) is 78.9 Å². The van der Waals surface area contributed by atoms with Crippen molar-refractivity contribution in [2.45, 2.75) is 83.3 Å². The van der Waals surface area contributed by atoms with E-state index in [-0.39, 0.29) is 98.5 Å². The molecule has 2 aliphatic heterocycles. The lowest BCUT2D eigenvalue weighted by atomic mass is 10.0. The number of unbranched alkanes of at least 4 members (excludes halogenated alkanes) is 1. The number of rotatable bonds is 21. The minimum absolute atomic E-state index is 0.0125. The minimum Gasteiger partial charge on any atom is -0.508 e. The monoisotopic (exact) mass is 1090 g/mol. The second-order valence-electron chi connectivity index (χ2n) is 20.2. The molecule has 0 atom stereocenters. The lowest BCUT2D eigenvalue weighted by Gasteiger charge is -2.36. The number of piperidine rings is 2. The number of ether oxygens (including phenoxy) is 3. The highest BCUT2D eigenvalue weighted by Gasteiger charge is 2.31. The number of aromatic hydroxyl groups is 3. The minimum atomic E-state index is -0.716. The first kappa shape index (κ1) is 56.4. The van der Waals surface area contributed by atoms with Crippen molar-refractivity contribution in [1.29, 1.82) is 0 Å². The number of likely N-dealkylation sites (tertiary alicyclic amines) is 2. The second kappa shape index (κ2) is 25.1. The van der Waals surface area contributed by atoms with Gasteiger partial charge in [0.25, 0.3) is 23.2 Å². The number of hydrogen-bond acceptors (Lipinski definition) is 20. The molecule has 0 spiro atoms. The van der Waals surface area contributed by atoms with E-state index >= 15 is 0 Å². The Labute approximate surface area is 453 Å². The van der Waals surface area contributed by atoms with Crippen LogP contribution in [0.25, 0.3) is 22.6 Å². The summed E-state index contributed by atoms with van der Waals surface area (Å²) < 4.78 is 28.9. The largest absolute Gasteiger partial charge is 0.508 e. The highest BCUT2D eigenvalue weighted by atomic mass is 16.6. The number of amides is 3. The molecule has 4 heterocycles. The molecule has 0 saturated carbocycles. The van der Waals surface area contributed by atoms with Gasteiger partial charge in [0, 0.05) is 111 Å². The maximum atomic E-state index is 14.0. The molecule has 25 heteroatoms. The molecule has 3 amide bonds. The predicted octanol–water partition coefficient (Wildman–Crippen LogP) is 8.33. The molecule has 6 aromatic rings. The molecular formula is C54H62N10O15. The first-order chi connectivity index (χ1) is 37.8. The van der Waals surface area contributed by atoms with E-state index in [4.69, 9.17) is 29.0 Å². The Hall–Kier alpha value is -8.81. The lowest BCUT2D eigenvalue weighted by Crippen LogP contribution is -2.49. The van der Waals surface area contributed by atoms with Crippen LogP contribution in [0.2, 0.25) is 0 Å². The average molecular weight is 1090 g/mol. The zero-order valence-corrected chi connectivity index (χ0v) is 43.8. The Morgan fingerprint density at radius 1 is 0.671 bits per heavy atom. The topological polar surface area (TPSA) is 338 Å². The van der Waals surface area contributed by atoms with Crippen molar-refractivity contribution in [3.05, 3.63) is 117 Å². The molecule has 7 N–H and O–H groups in total. The van der Waals surface area contributed by atoms with Crippen molar-refractivity contribution < 1.29 is 62.8 Å². The van der Waals surface area contributed by atoms with Gasteiger partial charge in [-0.25, -0.2) is 4.79 Å². The van der Waals surface area contributed by atoms with Gasteiger partial charge in [-0.05, 0) is 110 Å². The fourth-order valence-electron chi connectivity index (χ4n) is 9.31. The smallest absolute Gasteiger partial charge is 0.415 e. The molecule has 4 aromatic carbocycles. The van der Waals surface area contributed by atoms with Crippen molar-refractivity contribution in [2.75, 3.05) is 52.4 Å². The van der Waals surface area contributed by atoms with Gasteiger partial charge in [0.15, 0.2) is 22.9 Å². The van der Waals surface area contributed by atoms with Gasteiger partial charge in [0.1, 0.15) is 57.1 Å². The highest BCUT2D eigenvalue weighted by molar-refractivity contribution is 5.94. The standard InChI is InChI=1S/C54H62N10O15/c1-54(2,3)62(22-6-21-61-25-17-34(18-26-61)57-51(68)41-31-47(78-58-41)49-43(66)27-37(65)28-45(49)75-38-11-7-35(8-12-38)63(71)72)53(70)77-40-29-44(67)50(46(30-40)76-39-13-9-36(10-14-39)64(73)74)48-32-42(59-79-48)52(69)56-33-15-23-60(24-16-33)20-5-4-19-55/h7-14,27-34,65-67H,4-6,15-26,55H2,1-3H3,(H,56,69)(H,57,68). The van der Waals surface area contributed by atoms with Gasteiger partial charge in [-0.15, -0.1) is 0 Å². The summed E-state index contributed by atoms with van der Waals surface area (Å²) in [6.07, 6.45) is 4.55. The van der Waals surface area contributed by atoms with E-state index in [0.717, 1.165) is 51.4 Å². The van der Waals surface area contributed by atoms with E-state index in [9.17, 15) is 49.9 Å². The van der Waals surface area contributed by atoms with Gasteiger partial charge in [-0.1, -0.05) is 10.3 Å². The van der Waals surface area contributed by atoms with Gasteiger partial charge in [-0.2, -0.15) is 0 Å². The molecule has 79 heavy (non-hydrogen) atoms. The van der Waals surface area contributed by atoms with Crippen molar-refractivity contribution >= 4 is 29.3 Å². The third-order valence-electron chi connectivity index (χ3n) is 13.5. The van der Waals surface area contributed by atoms with Crippen LogP contribution in [0.3, 0.4) is 0 Å². The van der Waals surface area contributed by atoms with Crippen LogP contribution in [0.1, 0.15) is 86.7 Å². The van der Waals surface area contributed by atoms with Crippen LogP contribution in [0, 0.1) is 20.2 Å². The molecule has 0 unspecified atom stereocenters. The number of nitro benzene ring substituents is 2. The summed E-state index contributed by atoms with van der Waals surface area (Å²) in [5.41, 5.74) is 4.46. The summed E-state index contributed by atoms with van der Waals surface area (Å²) in [6, 6.07) is 17.6. The molecule has 0 bridgehead atoms. The fourth-order valence-corrected chi connectivity index (χ4v) is 9.31. The van der Waals surface area contributed by atoms with Crippen LogP contribution in [0.5, 0.6) is 46.0 Å². The summed E-state index contributed by atoms with van der Waals surface area (Å²) >= 11 is 0. The number of carbonyl (C=O) groups excluding carboxylic acids is 3. The van der Waals surface area contributed by atoms with Gasteiger partial charge < -0.3 is 69.6 Å². The van der Waals surface area contributed by atoms with E-state index in [2.05, 4.69) is 30.7 Å². The van der Waals surface area contributed by atoms with E-state index in [1.54, 1.807) is 4.90 Å². The third-order valence-corrected chi connectivity index (χ3v) is 13.5. The lowest BCUT2D eigenvalue weighted by molar-refractivity contribution is -0.385. The van der Waals surface area contributed by atoms with Crippen LogP contribution < -0.4 is 30.6 Å². The number of nitro groups is 2. The Balaban J connectivity index is 0.866. The summed E-state index contributed by atoms with van der Waals surface area (Å²) in [5.74, 6) is -2.13. The summed E-state index contributed by atoms with van der Waals surface area (Å²) in [6.45, 7) is 11.0. The first-order valence-corrected chi connectivity index (χ1v) is 25.8. The Kier molecular flexibility index (Phi) is 17.9. The van der Waals surface area contributed by atoms with Gasteiger partial charge in [0.2, 0.25) is 0 Å². The number of nitrogens with two attached hydrogens (primary N) is 1. The molecule has 0 aliphatic carbocycles. The SMILES string of the molecule is CC(C)(C)N(CCCN1CCC(NC(=O)c2cc(-c3c(O)cc(O)cc3Oc3ccc([N+](=O)[O-])cc3)on2)CC1)C(=O)Oc1cc(O)c(-c2cc(C(=O)NC3CCN(CCCCN)CC3)no2)c(Oc2ccc([N+](=O)[O-])cc2)c1. The molecule has 8 rings (SSSR count). The molecular weight excluding hydrogens is 1030 g/mol. The average Bonchev–Trinajstić information content (AvgIpc) is 4.14. The van der Waals surface area contributed by atoms with Gasteiger partial charge >= 0.3 is 6.09 Å². The summed E-state index contributed by atoms with van der Waals surface area (Å²) in [4.78, 5) is 68.2. The number of non-ortho nitro benzene ring substituents is 2. The van der Waals surface area contributed by atoms with Gasteiger partial charge in [0.05, 0.1) is 9.85 Å². The summed E-state index contributed by atoms with van der Waals surface area (Å²) in [7, 11) is 0. The number of benzene rings is 4. The molecule has 2 aliphatic rings. The zero-order valence-electron chi connectivity index (χ0n) is 43.8. The van der Waals surface area contributed by atoms with Crippen LogP contribution in [-0.4, -0.2) is 138 Å². The number of nitrogens with one attached hydrogen (secondary N) is 2. The van der Waals surface area contributed by atoms with Gasteiger partial charge in [-0.3, -0.25) is 29.8 Å². The number of phenolic OH excluding ortho intramolecular Hbond substituents is 3. The zero-order chi connectivity index (χ0) is 56.4. The second-order valence-corrected chi connectivity index (χ2v) is 20.2. The molecule has 2 fully saturated rings. The number of phenols is 3. The first-order valence-electron chi connectivity index (χ1n) is 25.8. The van der Waals surface area contributed by atoms with Crippen molar-refractivity contribution in [1.82, 2.24) is 35.6 Å². The molecule has 0 radical (unpaired) electrons. The molecule has 25 nitrogen and oxygen atoms in total. The fraction of sp³-hybridized carbons (Fsp3) is 0.389. The van der Waals surface area contributed by atoms with Crippen LogP contribution >= 0.6 is 0 Å². The van der Waals surface area contributed by atoms with Crippen LogP contribution in [0.4, 0.5) is 16.2 Å². The van der Waals surface area contributed by atoms with Crippen molar-refractivity contribution in [3.63, 3.8) is 0 Å². The van der Waals surface area contributed by atoms with Crippen LogP contribution in [0.15, 0.2) is 94.0 Å². The van der Waals surface area contributed by atoms with E-state index in [1.807, 2.05) is 20.8 Å². The molecule has 2 saturated heterocycles. The number of aromatic nitrogens is 2. The maximum absolute atomic E-state index is 14.0. The molecule has 2 aromatic heterocycles. The third kappa shape index (κ3) is 14.6. The Morgan fingerprint density at radius 3 is 1.58 bits per heavy atom. The predicted molar refractivity (Wildman–Crippen MR) is 284 cm³/mol. The molecule has 418 valence electrons. The van der Waals surface area contributed by atoms with E-state index < -0.39 is 44.8 Å².